The highest BCUT2D eigenvalue weighted by Crippen LogP contribution is 2.15. The number of fused-ring (bicyclic) bond motifs is 1. The van der Waals surface area contributed by atoms with E-state index < -0.39 is 0 Å². The summed E-state index contributed by atoms with van der Waals surface area (Å²) in [6.07, 6.45) is 0. The molecule has 0 unspecified atom stereocenters. The zero-order valence-electron chi connectivity index (χ0n) is 10.4. The maximum absolute atomic E-state index is 12.0. The zero-order valence-corrected chi connectivity index (χ0v) is 10.4. The van der Waals surface area contributed by atoms with Crippen molar-refractivity contribution in [2.45, 2.75) is 20.8 Å². The van der Waals surface area contributed by atoms with Crippen LogP contribution in [0.3, 0.4) is 0 Å². The fraction of sp³-hybridized carbons (Fsp3) is 0.250. The van der Waals surface area contributed by atoms with Crippen molar-refractivity contribution in [3.05, 3.63) is 40.0 Å². The smallest absolute Gasteiger partial charge is 0.292 e. The van der Waals surface area contributed by atoms with Crippen LogP contribution in [0, 0.1) is 24.3 Å². The zero-order chi connectivity index (χ0) is 13.4. The number of aromatic nitrogens is 2. The average molecular weight is 247 g/mol. The molecule has 1 amide bonds. The molecule has 18 heavy (non-hydrogen) atoms. The number of carbonyl (C=O) groups excluding carboxylic acids is 1. The van der Waals surface area contributed by atoms with Crippen molar-refractivity contribution in [1.29, 1.82) is 0 Å². The van der Waals surface area contributed by atoms with Crippen molar-refractivity contribution in [2.75, 3.05) is 5.32 Å². The molecule has 0 spiro atoms. The van der Waals surface area contributed by atoms with Crippen LogP contribution in [-0.4, -0.2) is 5.91 Å². The van der Waals surface area contributed by atoms with Gasteiger partial charge in [0.05, 0.1) is 0 Å². The first-order valence-electron chi connectivity index (χ1n) is 5.45. The van der Waals surface area contributed by atoms with Crippen molar-refractivity contribution in [3.63, 3.8) is 0 Å². The summed E-state index contributed by atoms with van der Waals surface area (Å²) in [4.78, 5) is 11.0. The predicted octanol–water partition coefficient (Wildman–Crippen LogP) is 0.682. The van der Waals surface area contributed by atoms with Gasteiger partial charge in [-0.3, -0.25) is 4.79 Å². The van der Waals surface area contributed by atoms with Crippen molar-refractivity contribution in [3.8, 4) is 0 Å². The maximum Gasteiger partial charge on any atom is 0.292 e. The molecule has 0 bridgehead atoms. The van der Waals surface area contributed by atoms with Crippen LogP contribution < -0.4 is 14.8 Å². The number of amides is 1. The fourth-order valence-corrected chi connectivity index (χ4v) is 1.79. The number of rotatable bonds is 1. The van der Waals surface area contributed by atoms with Gasteiger partial charge >= 0.3 is 0 Å². The second-order valence-corrected chi connectivity index (χ2v) is 4.14. The standard InChI is InChI=1S/C12H13N3O3/c1-7-8(2)15(18)12-6-10(13-9(3)16)4-5-11(12)14(7)17/h4-6H,1-3H3,(H,13,16). The quantitative estimate of drug-likeness (QED) is 0.594. The Balaban J connectivity index is 2.73. The third kappa shape index (κ3) is 1.81. The molecule has 2 aromatic rings. The van der Waals surface area contributed by atoms with E-state index in [1.165, 1.54) is 19.1 Å². The van der Waals surface area contributed by atoms with Crippen molar-refractivity contribution >= 4 is 22.6 Å². The predicted molar refractivity (Wildman–Crippen MR) is 65.6 cm³/mol. The largest absolute Gasteiger partial charge is 0.618 e. The van der Waals surface area contributed by atoms with Crippen molar-refractivity contribution in [1.82, 2.24) is 0 Å². The van der Waals surface area contributed by atoms with Gasteiger partial charge in [-0.15, -0.1) is 0 Å². The second kappa shape index (κ2) is 4.14. The fourth-order valence-electron chi connectivity index (χ4n) is 1.79. The molecule has 94 valence electrons. The first kappa shape index (κ1) is 12.1. The van der Waals surface area contributed by atoms with Gasteiger partial charge in [0, 0.05) is 38.6 Å². The van der Waals surface area contributed by atoms with Gasteiger partial charge in [-0.25, -0.2) is 0 Å². The van der Waals surface area contributed by atoms with Gasteiger partial charge in [-0.1, -0.05) is 0 Å². The van der Waals surface area contributed by atoms with Crippen molar-refractivity contribution < 1.29 is 14.3 Å². The van der Waals surface area contributed by atoms with Gasteiger partial charge < -0.3 is 15.7 Å². The number of benzene rings is 1. The average Bonchev–Trinajstić information content (AvgIpc) is 2.33. The molecule has 1 aromatic carbocycles. The van der Waals surface area contributed by atoms with Crippen LogP contribution in [0.25, 0.3) is 11.0 Å². The topological polar surface area (TPSA) is 83.0 Å². The Hall–Kier alpha value is -2.37. The third-order valence-electron chi connectivity index (χ3n) is 2.87. The highest BCUT2D eigenvalue weighted by Gasteiger charge is 2.21. The normalized spacial score (nSPS) is 10.6. The van der Waals surface area contributed by atoms with E-state index in [9.17, 15) is 15.2 Å². The molecule has 0 radical (unpaired) electrons. The summed E-state index contributed by atoms with van der Waals surface area (Å²) in [5, 5.41) is 26.5. The summed E-state index contributed by atoms with van der Waals surface area (Å²) >= 11 is 0. The molecule has 0 aliphatic heterocycles. The van der Waals surface area contributed by atoms with Crippen LogP contribution in [0.2, 0.25) is 0 Å². The van der Waals surface area contributed by atoms with E-state index in [-0.39, 0.29) is 16.9 Å². The molecule has 0 saturated carbocycles. The lowest BCUT2D eigenvalue weighted by Crippen LogP contribution is -2.43. The first-order valence-corrected chi connectivity index (χ1v) is 5.45. The van der Waals surface area contributed by atoms with Gasteiger partial charge in [0.2, 0.25) is 5.91 Å². The van der Waals surface area contributed by atoms with Crippen LogP contribution in [0.5, 0.6) is 0 Å². The Morgan fingerprint density at radius 1 is 1.11 bits per heavy atom. The van der Waals surface area contributed by atoms with E-state index in [1.54, 1.807) is 19.9 Å². The van der Waals surface area contributed by atoms with Gasteiger partial charge in [0.1, 0.15) is 0 Å². The molecule has 6 heteroatoms. The van der Waals surface area contributed by atoms with E-state index in [0.717, 1.165) is 4.73 Å². The number of anilines is 1. The summed E-state index contributed by atoms with van der Waals surface area (Å²) in [6.45, 7) is 4.56. The number of hydrogen-bond acceptors (Lipinski definition) is 3. The van der Waals surface area contributed by atoms with Crippen LogP contribution in [-0.2, 0) is 4.79 Å². The summed E-state index contributed by atoms with van der Waals surface area (Å²) < 4.78 is 1.42. The molecule has 0 atom stereocenters. The monoisotopic (exact) mass is 247 g/mol. The summed E-state index contributed by atoms with van der Waals surface area (Å²) in [5.41, 5.74) is 1.71. The number of carbonyl (C=O) groups is 1. The molecular weight excluding hydrogens is 234 g/mol. The van der Waals surface area contributed by atoms with E-state index in [0.29, 0.717) is 21.8 Å². The van der Waals surface area contributed by atoms with E-state index in [1.807, 2.05) is 0 Å². The van der Waals surface area contributed by atoms with Crippen LogP contribution in [0.15, 0.2) is 18.2 Å². The summed E-state index contributed by atoms with van der Waals surface area (Å²) in [7, 11) is 0. The number of nitrogens with one attached hydrogen (secondary N) is 1. The summed E-state index contributed by atoms with van der Waals surface area (Å²) in [5.74, 6) is -0.231. The highest BCUT2D eigenvalue weighted by atomic mass is 16.5. The minimum atomic E-state index is -0.231. The van der Waals surface area contributed by atoms with Crippen LogP contribution >= 0.6 is 0 Å². The molecular formula is C12H13N3O3. The Labute approximate surface area is 104 Å². The lowest BCUT2D eigenvalue weighted by molar-refractivity contribution is -0.638. The van der Waals surface area contributed by atoms with Gasteiger partial charge in [0.25, 0.3) is 22.4 Å². The summed E-state index contributed by atoms with van der Waals surface area (Å²) in [6, 6.07) is 4.60. The molecule has 6 nitrogen and oxygen atoms in total. The Morgan fingerprint density at radius 3 is 2.22 bits per heavy atom. The Kier molecular flexibility index (Phi) is 2.78. The van der Waals surface area contributed by atoms with Gasteiger partial charge in [0.15, 0.2) is 0 Å². The van der Waals surface area contributed by atoms with Gasteiger partial charge in [-0.2, -0.15) is 9.46 Å². The van der Waals surface area contributed by atoms with Crippen LogP contribution in [0.1, 0.15) is 18.3 Å². The molecule has 1 aromatic heterocycles. The minimum absolute atomic E-state index is 0.231. The highest BCUT2D eigenvalue weighted by molar-refractivity contribution is 5.90. The second-order valence-electron chi connectivity index (χ2n) is 4.14. The molecule has 1 N–H and O–H groups in total. The molecule has 0 fully saturated rings. The Bertz CT molecular complexity index is 653. The minimum Gasteiger partial charge on any atom is -0.618 e. The number of nitrogens with zero attached hydrogens (tertiary/aromatic N) is 2. The van der Waals surface area contributed by atoms with Crippen LogP contribution in [0.4, 0.5) is 5.69 Å². The van der Waals surface area contributed by atoms with E-state index >= 15 is 0 Å². The molecule has 1 heterocycles. The van der Waals surface area contributed by atoms with Gasteiger partial charge in [-0.05, 0) is 6.07 Å². The Morgan fingerprint density at radius 2 is 1.67 bits per heavy atom. The lowest BCUT2D eigenvalue weighted by Gasteiger charge is -2.10. The number of hydrogen-bond donors (Lipinski definition) is 1. The third-order valence-corrected chi connectivity index (χ3v) is 2.87. The molecule has 0 saturated heterocycles. The maximum atomic E-state index is 12.0. The lowest BCUT2D eigenvalue weighted by atomic mass is 10.2. The molecule has 2 rings (SSSR count). The molecule has 0 aliphatic rings. The first-order chi connectivity index (χ1) is 8.41. The molecule has 0 aliphatic carbocycles. The SMILES string of the molecule is CC(=O)Nc1ccc2c(c1)[n+]([O-])c(C)c(C)[n+]2[O-]. The van der Waals surface area contributed by atoms with E-state index in [4.69, 9.17) is 0 Å². The van der Waals surface area contributed by atoms with Crippen molar-refractivity contribution in [2.24, 2.45) is 0 Å². The van der Waals surface area contributed by atoms with E-state index in [2.05, 4.69) is 5.32 Å².